The predicted octanol–water partition coefficient (Wildman–Crippen LogP) is 3.06. The van der Waals surface area contributed by atoms with Gasteiger partial charge in [-0.05, 0) is 43.4 Å². The van der Waals surface area contributed by atoms with Gasteiger partial charge in [-0.3, -0.25) is 0 Å². The fourth-order valence-electron chi connectivity index (χ4n) is 2.16. The Bertz CT molecular complexity index is 346. The zero-order valence-corrected chi connectivity index (χ0v) is 10.9. The van der Waals surface area contributed by atoms with Gasteiger partial charge in [0.05, 0.1) is 12.2 Å². The number of benzene rings is 1. The first-order chi connectivity index (χ1) is 8.20. The number of ether oxygens (including phenoxy) is 1. The first-order valence-electron chi connectivity index (χ1n) is 6.24. The summed E-state index contributed by atoms with van der Waals surface area (Å²) in [4.78, 5) is 0. The van der Waals surface area contributed by atoms with E-state index in [1.807, 2.05) is 31.2 Å². The van der Waals surface area contributed by atoms with Gasteiger partial charge >= 0.3 is 0 Å². The van der Waals surface area contributed by atoms with E-state index in [9.17, 15) is 5.11 Å². The lowest BCUT2D eigenvalue weighted by molar-refractivity contribution is -0.0439. The standard InChI is InChI=1S/C14H19ClO2/c1-2-17-14(11-5-6-11)13(16)9-10-3-7-12(15)8-4-10/h3-4,7-8,11,13-14,16H,2,5-6,9H2,1H3. The summed E-state index contributed by atoms with van der Waals surface area (Å²) in [6.07, 6.45) is 2.59. The molecule has 1 aromatic rings. The molecule has 3 heteroatoms. The van der Waals surface area contributed by atoms with Crippen LogP contribution >= 0.6 is 11.6 Å². The number of hydrogen-bond donors (Lipinski definition) is 1. The third-order valence-corrected chi connectivity index (χ3v) is 3.44. The van der Waals surface area contributed by atoms with Crippen LogP contribution in [0.1, 0.15) is 25.3 Å². The molecule has 2 unspecified atom stereocenters. The van der Waals surface area contributed by atoms with Crippen molar-refractivity contribution in [3.63, 3.8) is 0 Å². The second-order valence-electron chi connectivity index (χ2n) is 4.66. The van der Waals surface area contributed by atoms with E-state index >= 15 is 0 Å². The van der Waals surface area contributed by atoms with Crippen molar-refractivity contribution in [3.05, 3.63) is 34.9 Å². The smallest absolute Gasteiger partial charge is 0.0865 e. The molecule has 0 amide bonds. The molecular weight excluding hydrogens is 236 g/mol. The molecule has 0 heterocycles. The van der Waals surface area contributed by atoms with Gasteiger partial charge in [-0.1, -0.05) is 23.7 Å². The maximum atomic E-state index is 10.2. The molecule has 0 radical (unpaired) electrons. The second-order valence-corrected chi connectivity index (χ2v) is 5.09. The molecule has 0 saturated heterocycles. The highest BCUT2D eigenvalue weighted by Gasteiger charge is 2.36. The summed E-state index contributed by atoms with van der Waals surface area (Å²) in [5.74, 6) is 0.553. The van der Waals surface area contributed by atoms with Gasteiger partial charge in [0, 0.05) is 18.1 Å². The van der Waals surface area contributed by atoms with Gasteiger partial charge in [0.2, 0.25) is 0 Å². The molecule has 1 aromatic carbocycles. The van der Waals surface area contributed by atoms with Crippen molar-refractivity contribution in [3.8, 4) is 0 Å². The minimum Gasteiger partial charge on any atom is -0.390 e. The molecule has 0 aromatic heterocycles. The monoisotopic (exact) mass is 254 g/mol. The average molecular weight is 255 g/mol. The van der Waals surface area contributed by atoms with Gasteiger partial charge in [0.1, 0.15) is 0 Å². The zero-order chi connectivity index (χ0) is 12.3. The van der Waals surface area contributed by atoms with Crippen LogP contribution in [0.4, 0.5) is 0 Å². The van der Waals surface area contributed by atoms with Crippen molar-refractivity contribution in [2.45, 2.75) is 38.4 Å². The van der Waals surface area contributed by atoms with Gasteiger partial charge in [-0.25, -0.2) is 0 Å². The van der Waals surface area contributed by atoms with E-state index in [4.69, 9.17) is 16.3 Å². The summed E-state index contributed by atoms with van der Waals surface area (Å²) in [5, 5.41) is 10.9. The van der Waals surface area contributed by atoms with Crippen molar-refractivity contribution in [1.82, 2.24) is 0 Å². The molecule has 2 nitrogen and oxygen atoms in total. The van der Waals surface area contributed by atoms with Crippen molar-refractivity contribution in [2.24, 2.45) is 5.92 Å². The highest BCUT2D eigenvalue weighted by molar-refractivity contribution is 6.30. The Morgan fingerprint density at radius 2 is 2.00 bits per heavy atom. The molecule has 2 rings (SSSR count). The lowest BCUT2D eigenvalue weighted by atomic mass is 10.0. The Labute approximate surface area is 108 Å². The first-order valence-corrected chi connectivity index (χ1v) is 6.62. The number of aliphatic hydroxyl groups excluding tert-OH is 1. The molecule has 1 aliphatic carbocycles. The minimum atomic E-state index is -0.413. The summed E-state index contributed by atoms with van der Waals surface area (Å²) in [5.41, 5.74) is 1.10. The fraction of sp³-hybridized carbons (Fsp3) is 0.571. The highest BCUT2D eigenvalue weighted by atomic mass is 35.5. The molecule has 0 bridgehead atoms. The number of aliphatic hydroxyl groups is 1. The molecule has 1 saturated carbocycles. The van der Waals surface area contributed by atoms with Crippen molar-refractivity contribution >= 4 is 11.6 Å². The van der Waals surface area contributed by atoms with Crippen LogP contribution < -0.4 is 0 Å². The Hall–Kier alpha value is -0.570. The SMILES string of the molecule is CCOC(C(O)Cc1ccc(Cl)cc1)C1CC1. The van der Waals surface area contributed by atoms with Crippen LogP contribution in [0.15, 0.2) is 24.3 Å². The Balaban J connectivity index is 1.94. The van der Waals surface area contributed by atoms with E-state index in [0.29, 0.717) is 18.9 Å². The van der Waals surface area contributed by atoms with Gasteiger partial charge in [0.25, 0.3) is 0 Å². The van der Waals surface area contributed by atoms with Crippen LogP contribution in [-0.4, -0.2) is 23.9 Å². The molecule has 17 heavy (non-hydrogen) atoms. The van der Waals surface area contributed by atoms with E-state index in [1.165, 1.54) is 12.8 Å². The lowest BCUT2D eigenvalue weighted by Gasteiger charge is -2.22. The molecule has 1 aliphatic rings. The zero-order valence-electron chi connectivity index (χ0n) is 10.1. The summed E-state index contributed by atoms with van der Waals surface area (Å²) in [6, 6.07) is 7.63. The molecule has 1 fully saturated rings. The van der Waals surface area contributed by atoms with E-state index in [0.717, 1.165) is 10.6 Å². The summed E-state index contributed by atoms with van der Waals surface area (Å²) in [7, 11) is 0. The summed E-state index contributed by atoms with van der Waals surface area (Å²) in [6.45, 7) is 2.64. The fourth-order valence-corrected chi connectivity index (χ4v) is 2.28. The second kappa shape index (κ2) is 5.85. The summed E-state index contributed by atoms with van der Waals surface area (Å²) < 4.78 is 5.65. The molecule has 94 valence electrons. The van der Waals surface area contributed by atoms with Gasteiger partial charge in [-0.15, -0.1) is 0 Å². The predicted molar refractivity (Wildman–Crippen MR) is 69.3 cm³/mol. The van der Waals surface area contributed by atoms with E-state index in [2.05, 4.69) is 0 Å². The lowest BCUT2D eigenvalue weighted by Crippen LogP contribution is -2.32. The number of hydrogen-bond acceptors (Lipinski definition) is 2. The molecule has 0 aliphatic heterocycles. The number of halogens is 1. The van der Waals surface area contributed by atoms with Crippen LogP contribution in [0.2, 0.25) is 5.02 Å². The Kier molecular flexibility index (Phi) is 4.43. The number of rotatable bonds is 6. The topological polar surface area (TPSA) is 29.5 Å². The molecule has 2 atom stereocenters. The van der Waals surface area contributed by atoms with Crippen molar-refractivity contribution < 1.29 is 9.84 Å². The average Bonchev–Trinajstić information content (AvgIpc) is 3.13. The van der Waals surface area contributed by atoms with E-state index in [1.54, 1.807) is 0 Å². The van der Waals surface area contributed by atoms with Crippen molar-refractivity contribution in [2.75, 3.05) is 6.61 Å². The van der Waals surface area contributed by atoms with Crippen LogP contribution in [0.5, 0.6) is 0 Å². The first kappa shape index (κ1) is 12.9. The van der Waals surface area contributed by atoms with Crippen LogP contribution in [0.3, 0.4) is 0 Å². The Morgan fingerprint density at radius 3 is 2.53 bits per heavy atom. The highest BCUT2D eigenvalue weighted by Crippen LogP contribution is 2.36. The molecular formula is C14H19ClO2. The normalized spacial score (nSPS) is 19.0. The van der Waals surface area contributed by atoms with E-state index < -0.39 is 6.10 Å². The van der Waals surface area contributed by atoms with Crippen molar-refractivity contribution in [1.29, 1.82) is 0 Å². The molecule has 0 spiro atoms. The van der Waals surface area contributed by atoms with Crippen LogP contribution in [0.25, 0.3) is 0 Å². The van der Waals surface area contributed by atoms with Crippen LogP contribution in [0, 0.1) is 5.92 Å². The van der Waals surface area contributed by atoms with Gasteiger partial charge in [0.15, 0.2) is 0 Å². The minimum absolute atomic E-state index is 0.00400. The van der Waals surface area contributed by atoms with Gasteiger partial charge < -0.3 is 9.84 Å². The van der Waals surface area contributed by atoms with Crippen LogP contribution in [-0.2, 0) is 11.2 Å². The third-order valence-electron chi connectivity index (χ3n) is 3.18. The van der Waals surface area contributed by atoms with Gasteiger partial charge in [-0.2, -0.15) is 0 Å². The maximum Gasteiger partial charge on any atom is 0.0865 e. The summed E-state index contributed by atoms with van der Waals surface area (Å²) >= 11 is 5.83. The third kappa shape index (κ3) is 3.70. The quantitative estimate of drug-likeness (QED) is 0.846. The van der Waals surface area contributed by atoms with E-state index in [-0.39, 0.29) is 6.10 Å². The largest absolute Gasteiger partial charge is 0.390 e. The molecule has 1 N–H and O–H groups in total. The Morgan fingerprint density at radius 1 is 1.35 bits per heavy atom. The maximum absolute atomic E-state index is 10.2.